The SMILES string of the molecule is c1ccc(C2(c3ccccc3)c3ccccc3-c3ccc(-c4nc5cccc6c5n4-c4ccccc4O6)cc32)cc1. The van der Waals surface area contributed by atoms with E-state index in [9.17, 15) is 0 Å². The first-order valence-electron chi connectivity index (χ1n) is 14.0. The molecule has 0 fully saturated rings. The number of hydrogen-bond acceptors (Lipinski definition) is 2. The summed E-state index contributed by atoms with van der Waals surface area (Å²) in [7, 11) is 0. The summed E-state index contributed by atoms with van der Waals surface area (Å²) in [6.45, 7) is 0. The Hall–Kier alpha value is -5.41. The Morgan fingerprint density at radius 3 is 2.00 bits per heavy atom. The number of para-hydroxylation sites is 3. The Bertz CT molecular complexity index is 2090. The van der Waals surface area contributed by atoms with Gasteiger partial charge in [0, 0.05) is 5.56 Å². The van der Waals surface area contributed by atoms with Gasteiger partial charge in [-0.05, 0) is 63.7 Å². The zero-order chi connectivity index (χ0) is 27.0. The van der Waals surface area contributed by atoms with E-state index >= 15 is 0 Å². The molecular weight excluding hydrogens is 500 g/mol. The maximum atomic E-state index is 6.30. The van der Waals surface area contributed by atoms with E-state index in [1.165, 1.54) is 33.4 Å². The highest BCUT2D eigenvalue weighted by Gasteiger charge is 2.46. The fourth-order valence-electron chi connectivity index (χ4n) is 7.04. The number of imidazole rings is 1. The van der Waals surface area contributed by atoms with Gasteiger partial charge in [0.15, 0.2) is 11.5 Å². The summed E-state index contributed by atoms with van der Waals surface area (Å²) in [5.41, 5.74) is 11.2. The average molecular weight is 525 g/mol. The summed E-state index contributed by atoms with van der Waals surface area (Å²) in [6.07, 6.45) is 0. The summed E-state index contributed by atoms with van der Waals surface area (Å²) in [4.78, 5) is 5.20. The Morgan fingerprint density at radius 1 is 0.537 bits per heavy atom. The van der Waals surface area contributed by atoms with E-state index in [0.29, 0.717) is 0 Å². The van der Waals surface area contributed by atoms with Gasteiger partial charge < -0.3 is 4.74 Å². The quantitative estimate of drug-likeness (QED) is 0.230. The van der Waals surface area contributed by atoms with E-state index in [4.69, 9.17) is 9.72 Å². The van der Waals surface area contributed by atoms with E-state index in [1.54, 1.807) is 0 Å². The van der Waals surface area contributed by atoms with Crippen LogP contribution < -0.4 is 4.74 Å². The van der Waals surface area contributed by atoms with Crippen LogP contribution in [0, 0.1) is 0 Å². The van der Waals surface area contributed by atoms with Crippen molar-refractivity contribution in [3.63, 3.8) is 0 Å². The third-order valence-electron chi connectivity index (χ3n) is 8.68. The molecule has 2 aliphatic rings. The molecule has 7 aromatic rings. The molecule has 1 aliphatic carbocycles. The zero-order valence-corrected chi connectivity index (χ0v) is 22.2. The molecule has 1 aromatic heterocycles. The van der Waals surface area contributed by atoms with Crippen molar-refractivity contribution < 1.29 is 4.74 Å². The van der Waals surface area contributed by atoms with Crippen LogP contribution >= 0.6 is 0 Å². The van der Waals surface area contributed by atoms with Crippen LogP contribution in [0.25, 0.3) is 39.2 Å². The smallest absolute Gasteiger partial charge is 0.153 e. The predicted molar refractivity (Wildman–Crippen MR) is 164 cm³/mol. The first kappa shape index (κ1) is 22.4. The lowest BCUT2D eigenvalue weighted by molar-refractivity contribution is 0.476. The van der Waals surface area contributed by atoms with Crippen LogP contribution in [0.15, 0.2) is 146 Å². The monoisotopic (exact) mass is 524 g/mol. The van der Waals surface area contributed by atoms with Crippen LogP contribution in [-0.2, 0) is 5.41 Å². The van der Waals surface area contributed by atoms with Crippen molar-refractivity contribution >= 4 is 11.0 Å². The number of fused-ring (bicyclic) bond motifs is 5. The van der Waals surface area contributed by atoms with Crippen LogP contribution in [0.4, 0.5) is 0 Å². The minimum Gasteiger partial charge on any atom is -0.453 e. The lowest BCUT2D eigenvalue weighted by atomic mass is 9.67. The molecule has 192 valence electrons. The number of hydrogen-bond donors (Lipinski definition) is 0. The topological polar surface area (TPSA) is 27.1 Å². The maximum Gasteiger partial charge on any atom is 0.153 e. The van der Waals surface area contributed by atoms with E-state index in [0.717, 1.165) is 39.6 Å². The van der Waals surface area contributed by atoms with Crippen LogP contribution in [0.2, 0.25) is 0 Å². The van der Waals surface area contributed by atoms with Gasteiger partial charge in [0.2, 0.25) is 0 Å². The van der Waals surface area contributed by atoms with E-state index in [-0.39, 0.29) is 0 Å². The van der Waals surface area contributed by atoms with Crippen molar-refractivity contribution in [2.75, 3.05) is 0 Å². The van der Waals surface area contributed by atoms with Crippen molar-refractivity contribution in [2.45, 2.75) is 5.41 Å². The number of rotatable bonds is 3. The van der Waals surface area contributed by atoms with Gasteiger partial charge in [-0.1, -0.05) is 115 Å². The molecule has 0 saturated heterocycles. The van der Waals surface area contributed by atoms with Crippen LogP contribution in [0.1, 0.15) is 22.3 Å². The Kier molecular flexibility index (Phi) is 4.53. The van der Waals surface area contributed by atoms with Crippen LogP contribution in [0.3, 0.4) is 0 Å². The molecule has 3 heteroatoms. The molecule has 0 atom stereocenters. The number of ether oxygens (including phenoxy) is 1. The molecule has 0 unspecified atom stereocenters. The molecule has 9 rings (SSSR count). The van der Waals surface area contributed by atoms with Gasteiger partial charge in [-0.15, -0.1) is 0 Å². The molecule has 0 spiro atoms. The molecule has 0 bridgehead atoms. The lowest BCUT2D eigenvalue weighted by Gasteiger charge is -2.34. The zero-order valence-electron chi connectivity index (χ0n) is 22.2. The summed E-state index contributed by atoms with van der Waals surface area (Å²) in [5, 5.41) is 0. The highest BCUT2D eigenvalue weighted by atomic mass is 16.5. The van der Waals surface area contributed by atoms with Crippen molar-refractivity contribution in [2.24, 2.45) is 0 Å². The maximum absolute atomic E-state index is 6.30. The van der Waals surface area contributed by atoms with Gasteiger partial charge in [-0.2, -0.15) is 0 Å². The molecule has 1 aliphatic heterocycles. The van der Waals surface area contributed by atoms with Gasteiger partial charge in [0.25, 0.3) is 0 Å². The molecule has 0 amide bonds. The second-order valence-corrected chi connectivity index (χ2v) is 10.8. The molecule has 41 heavy (non-hydrogen) atoms. The highest BCUT2D eigenvalue weighted by molar-refractivity contribution is 5.92. The van der Waals surface area contributed by atoms with Gasteiger partial charge >= 0.3 is 0 Å². The fourth-order valence-corrected chi connectivity index (χ4v) is 7.04. The van der Waals surface area contributed by atoms with Gasteiger partial charge in [-0.3, -0.25) is 4.57 Å². The second kappa shape index (κ2) is 8.30. The molecule has 6 aromatic carbocycles. The average Bonchev–Trinajstić information content (AvgIpc) is 3.58. The van der Waals surface area contributed by atoms with Crippen molar-refractivity contribution in [3.8, 4) is 39.7 Å². The number of benzene rings is 6. The summed E-state index contributed by atoms with van der Waals surface area (Å²) in [6, 6.07) is 51.9. The normalized spacial score (nSPS) is 13.8. The Labute approximate surface area is 238 Å². The predicted octanol–water partition coefficient (Wildman–Crippen LogP) is 9.16. The highest BCUT2D eigenvalue weighted by Crippen LogP contribution is 2.57. The van der Waals surface area contributed by atoms with Crippen molar-refractivity contribution in [1.29, 1.82) is 0 Å². The largest absolute Gasteiger partial charge is 0.453 e. The summed E-state index contributed by atoms with van der Waals surface area (Å²) in [5.74, 6) is 2.58. The molecule has 0 saturated carbocycles. The molecule has 0 N–H and O–H groups in total. The molecular formula is C38H24N2O. The first-order valence-corrected chi connectivity index (χ1v) is 14.0. The molecule has 2 heterocycles. The first-order chi connectivity index (χ1) is 20.3. The second-order valence-electron chi connectivity index (χ2n) is 10.8. The molecule has 3 nitrogen and oxygen atoms in total. The van der Waals surface area contributed by atoms with E-state index in [1.807, 2.05) is 24.3 Å². The lowest BCUT2D eigenvalue weighted by Crippen LogP contribution is -2.28. The van der Waals surface area contributed by atoms with Crippen LogP contribution in [0.5, 0.6) is 11.5 Å². The Balaban J connectivity index is 1.38. The summed E-state index contributed by atoms with van der Waals surface area (Å²) >= 11 is 0. The van der Waals surface area contributed by atoms with E-state index < -0.39 is 5.41 Å². The van der Waals surface area contributed by atoms with Gasteiger partial charge in [0.05, 0.1) is 16.6 Å². The Morgan fingerprint density at radius 2 is 1.20 bits per heavy atom. The minimum atomic E-state index is -0.454. The van der Waals surface area contributed by atoms with E-state index in [2.05, 4.69) is 126 Å². The third-order valence-corrected chi connectivity index (χ3v) is 8.68. The molecule has 0 radical (unpaired) electrons. The fraction of sp³-hybridized carbons (Fsp3) is 0.0263. The van der Waals surface area contributed by atoms with Crippen molar-refractivity contribution in [1.82, 2.24) is 9.55 Å². The standard InChI is InChI=1S/C38H24N2O/c1-3-12-26(13-4-1)38(27-14-5-2-6-15-27)30-17-8-7-16-28(30)29-23-22-25(24-31(29)38)37-39-32-18-11-21-35-36(32)40(37)33-19-9-10-20-34(33)41-35/h1-24H. The minimum absolute atomic E-state index is 0.454. The van der Waals surface area contributed by atoms with Gasteiger partial charge in [-0.25, -0.2) is 4.98 Å². The third kappa shape index (κ3) is 2.95. The number of aromatic nitrogens is 2. The number of nitrogens with zero attached hydrogens (tertiary/aromatic N) is 2. The van der Waals surface area contributed by atoms with Gasteiger partial charge in [0.1, 0.15) is 11.3 Å². The van der Waals surface area contributed by atoms with Crippen molar-refractivity contribution in [3.05, 3.63) is 168 Å². The summed E-state index contributed by atoms with van der Waals surface area (Å²) < 4.78 is 8.57. The van der Waals surface area contributed by atoms with Crippen LogP contribution in [-0.4, -0.2) is 9.55 Å².